The Labute approximate surface area is 127 Å². The molecule has 0 spiro atoms. The molecule has 3 aromatic rings. The van der Waals surface area contributed by atoms with E-state index in [0.717, 1.165) is 5.39 Å². The zero-order chi connectivity index (χ0) is 15.5. The highest BCUT2D eigenvalue weighted by atomic mass is 16.5. The molecule has 0 N–H and O–H groups in total. The van der Waals surface area contributed by atoms with E-state index in [1.807, 2.05) is 6.07 Å². The van der Waals surface area contributed by atoms with Crippen molar-refractivity contribution in [2.75, 3.05) is 14.2 Å². The predicted octanol–water partition coefficient (Wildman–Crippen LogP) is 4.19. The molecule has 1 aromatic heterocycles. The van der Waals surface area contributed by atoms with Crippen molar-refractivity contribution < 1.29 is 19.3 Å². The zero-order valence-corrected chi connectivity index (χ0v) is 12.2. The molecule has 0 saturated carbocycles. The van der Waals surface area contributed by atoms with E-state index in [4.69, 9.17) is 14.2 Å². The molecule has 1 heterocycles. The minimum absolute atomic E-state index is 0.0869. The third-order valence-electron chi connectivity index (χ3n) is 3.22. The molecule has 1 radical (unpaired) electrons. The van der Waals surface area contributed by atoms with Crippen molar-refractivity contribution in [2.45, 2.75) is 0 Å². The maximum atomic E-state index is 11.4. The standard InChI is InChI=1S/C17H14NO4/c1-20-14-4-3-5-15(17(14)21-2)22-16-9-7-11-6-8-12(19)10-13(11)18-16/h3-10H,1-2H3. The number of hydrogen-bond acceptors (Lipinski definition) is 4. The fourth-order valence-electron chi connectivity index (χ4n) is 2.19. The van der Waals surface area contributed by atoms with Gasteiger partial charge in [-0.05, 0) is 30.3 Å². The quantitative estimate of drug-likeness (QED) is 0.724. The number of benzene rings is 2. The van der Waals surface area contributed by atoms with Gasteiger partial charge in [0, 0.05) is 17.5 Å². The van der Waals surface area contributed by atoms with Gasteiger partial charge in [0.2, 0.25) is 11.6 Å². The smallest absolute Gasteiger partial charge is 0.220 e. The lowest BCUT2D eigenvalue weighted by Gasteiger charge is -2.12. The van der Waals surface area contributed by atoms with E-state index < -0.39 is 0 Å². The third-order valence-corrected chi connectivity index (χ3v) is 3.22. The van der Waals surface area contributed by atoms with E-state index in [9.17, 15) is 5.11 Å². The van der Waals surface area contributed by atoms with Gasteiger partial charge in [0.05, 0.1) is 19.7 Å². The average Bonchev–Trinajstić information content (AvgIpc) is 2.54. The summed E-state index contributed by atoms with van der Waals surface area (Å²) < 4.78 is 16.3. The van der Waals surface area contributed by atoms with E-state index in [2.05, 4.69) is 4.98 Å². The molecule has 22 heavy (non-hydrogen) atoms. The van der Waals surface area contributed by atoms with E-state index in [1.54, 1.807) is 44.6 Å². The molecule has 0 amide bonds. The number of aromatic nitrogens is 1. The van der Waals surface area contributed by atoms with Gasteiger partial charge in [0.25, 0.3) is 0 Å². The minimum atomic E-state index is -0.0869. The fourth-order valence-corrected chi connectivity index (χ4v) is 2.19. The Kier molecular flexibility index (Phi) is 3.70. The van der Waals surface area contributed by atoms with Gasteiger partial charge >= 0.3 is 0 Å². The van der Waals surface area contributed by atoms with Gasteiger partial charge in [-0.25, -0.2) is 4.98 Å². The van der Waals surface area contributed by atoms with Crippen molar-refractivity contribution in [1.29, 1.82) is 0 Å². The summed E-state index contributed by atoms with van der Waals surface area (Å²) >= 11 is 0. The topological polar surface area (TPSA) is 60.5 Å². The number of ether oxygens (including phenoxy) is 3. The van der Waals surface area contributed by atoms with Gasteiger partial charge in [-0.3, -0.25) is 5.11 Å². The van der Waals surface area contributed by atoms with Crippen LogP contribution >= 0.6 is 0 Å². The number of hydrogen-bond donors (Lipinski definition) is 0. The first kappa shape index (κ1) is 14.0. The van der Waals surface area contributed by atoms with E-state index >= 15 is 0 Å². The normalized spacial score (nSPS) is 10.5. The third kappa shape index (κ3) is 2.61. The summed E-state index contributed by atoms with van der Waals surface area (Å²) in [6.45, 7) is 0. The molecule has 0 unspecified atom stereocenters. The van der Waals surface area contributed by atoms with Crippen LogP contribution < -0.4 is 14.2 Å². The Bertz CT molecular complexity index is 817. The molecular formula is C17H14NO4. The first-order valence-electron chi connectivity index (χ1n) is 6.68. The SMILES string of the molecule is COc1cccc(Oc2ccc3ccc([O])cc3n2)c1OC. The highest BCUT2D eigenvalue weighted by molar-refractivity contribution is 5.80. The fraction of sp³-hybridized carbons (Fsp3) is 0.118. The summed E-state index contributed by atoms with van der Waals surface area (Å²) in [6, 6.07) is 13.7. The van der Waals surface area contributed by atoms with Crippen LogP contribution in [0.5, 0.6) is 28.9 Å². The van der Waals surface area contributed by atoms with Crippen LogP contribution in [0, 0.1) is 0 Å². The lowest BCUT2D eigenvalue weighted by molar-refractivity contribution is 0.334. The van der Waals surface area contributed by atoms with E-state index in [-0.39, 0.29) is 5.75 Å². The van der Waals surface area contributed by atoms with Gasteiger partial charge in [-0.15, -0.1) is 0 Å². The van der Waals surface area contributed by atoms with Crippen LogP contribution in [0.4, 0.5) is 0 Å². The average molecular weight is 296 g/mol. The Morgan fingerprint density at radius 3 is 2.45 bits per heavy atom. The van der Waals surface area contributed by atoms with Crippen LogP contribution in [0.2, 0.25) is 0 Å². The molecule has 0 bridgehead atoms. The largest absolute Gasteiger partial charge is 0.493 e. The van der Waals surface area contributed by atoms with Crippen molar-refractivity contribution >= 4 is 10.9 Å². The molecular weight excluding hydrogens is 282 g/mol. The van der Waals surface area contributed by atoms with Crippen LogP contribution in [-0.2, 0) is 5.11 Å². The van der Waals surface area contributed by atoms with E-state index in [1.165, 1.54) is 12.1 Å². The van der Waals surface area contributed by atoms with Gasteiger partial charge in [-0.1, -0.05) is 6.07 Å². The van der Waals surface area contributed by atoms with Crippen LogP contribution in [0.25, 0.3) is 10.9 Å². The number of rotatable bonds is 4. The molecule has 111 valence electrons. The van der Waals surface area contributed by atoms with Crippen molar-refractivity contribution in [3.8, 4) is 28.9 Å². The molecule has 0 fully saturated rings. The maximum absolute atomic E-state index is 11.4. The lowest BCUT2D eigenvalue weighted by atomic mass is 10.2. The van der Waals surface area contributed by atoms with Gasteiger partial charge in [0.15, 0.2) is 17.2 Å². The van der Waals surface area contributed by atoms with Crippen molar-refractivity contribution in [3.05, 3.63) is 48.5 Å². The second-order valence-corrected chi connectivity index (χ2v) is 4.60. The number of fused-ring (bicyclic) bond motifs is 1. The Morgan fingerprint density at radius 1 is 0.909 bits per heavy atom. The second-order valence-electron chi connectivity index (χ2n) is 4.60. The summed E-state index contributed by atoms with van der Waals surface area (Å²) in [5.74, 6) is 1.85. The highest BCUT2D eigenvalue weighted by Crippen LogP contribution is 2.38. The highest BCUT2D eigenvalue weighted by Gasteiger charge is 2.12. The summed E-state index contributed by atoms with van der Waals surface area (Å²) in [5.41, 5.74) is 0.590. The molecule has 0 atom stereocenters. The zero-order valence-electron chi connectivity index (χ0n) is 12.2. The van der Waals surface area contributed by atoms with Crippen molar-refractivity contribution in [3.63, 3.8) is 0 Å². The summed E-state index contributed by atoms with van der Waals surface area (Å²) in [5, 5.41) is 12.3. The second kappa shape index (κ2) is 5.81. The first-order valence-corrected chi connectivity index (χ1v) is 6.68. The van der Waals surface area contributed by atoms with Crippen molar-refractivity contribution in [2.24, 2.45) is 0 Å². The van der Waals surface area contributed by atoms with Gasteiger partial charge < -0.3 is 14.2 Å². The Balaban J connectivity index is 1.99. The minimum Gasteiger partial charge on any atom is -0.493 e. The molecule has 2 aromatic carbocycles. The summed E-state index contributed by atoms with van der Waals surface area (Å²) in [6.07, 6.45) is 0. The van der Waals surface area contributed by atoms with Crippen LogP contribution in [0.3, 0.4) is 0 Å². The van der Waals surface area contributed by atoms with Crippen molar-refractivity contribution in [1.82, 2.24) is 4.98 Å². The number of nitrogens with zero attached hydrogens (tertiary/aromatic N) is 1. The monoisotopic (exact) mass is 296 g/mol. The molecule has 3 rings (SSSR count). The van der Waals surface area contributed by atoms with E-state index in [0.29, 0.717) is 28.6 Å². The molecule has 5 heteroatoms. The molecule has 0 saturated heterocycles. The number of pyridine rings is 1. The van der Waals surface area contributed by atoms with Crippen LogP contribution in [-0.4, -0.2) is 19.2 Å². The van der Waals surface area contributed by atoms with Gasteiger partial charge in [-0.2, -0.15) is 0 Å². The lowest BCUT2D eigenvalue weighted by Crippen LogP contribution is -1.95. The van der Waals surface area contributed by atoms with Crippen LogP contribution in [0.15, 0.2) is 48.5 Å². The van der Waals surface area contributed by atoms with Crippen LogP contribution in [0.1, 0.15) is 0 Å². The summed E-state index contributed by atoms with van der Waals surface area (Å²) in [7, 11) is 3.11. The number of methoxy groups -OCH3 is 2. The predicted molar refractivity (Wildman–Crippen MR) is 81.5 cm³/mol. The summed E-state index contributed by atoms with van der Waals surface area (Å²) in [4.78, 5) is 4.34. The number of para-hydroxylation sites is 1. The Hall–Kier alpha value is -2.95. The molecule has 0 aliphatic rings. The maximum Gasteiger partial charge on any atom is 0.220 e. The molecule has 5 nitrogen and oxygen atoms in total. The van der Waals surface area contributed by atoms with Gasteiger partial charge in [0.1, 0.15) is 0 Å². The first-order chi connectivity index (χ1) is 10.7. The molecule has 0 aliphatic carbocycles. The molecule has 0 aliphatic heterocycles. The Morgan fingerprint density at radius 2 is 1.68 bits per heavy atom.